The predicted octanol–water partition coefficient (Wildman–Crippen LogP) is 0.906. The lowest BCUT2D eigenvalue weighted by Crippen LogP contribution is -2.48. The van der Waals surface area contributed by atoms with Crippen molar-refractivity contribution >= 4 is 29.7 Å². The third-order valence-electron chi connectivity index (χ3n) is 2.52. The summed E-state index contributed by atoms with van der Waals surface area (Å²) < 4.78 is 10.00. The van der Waals surface area contributed by atoms with Crippen LogP contribution in [0.25, 0.3) is 0 Å². The van der Waals surface area contributed by atoms with Crippen LogP contribution in [-0.4, -0.2) is 59.5 Å². The van der Waals surface area contributed by atoms with E-state index in [-0.39, 0.29) is 6.61 Å². The largest absolute Gasteiger partial charge is 0.463 e. The quantitative estimate of drug-likeness (QED) is 0.747. The molecule has 0 spiro atoms. The fraction of sp³-hybridized carbons (Fsp3) is 0.769. The zero-order valence-corrected chi connectivity index (χ0v) is 14.2. The molecule has 9 heteroatoms. The Hall–Kier alpha value is -1.48. The van der Waals surface area contributed by atoms with E-state index < -0.39 is 35.7 Å². The van der Waals surface area contributed by atoms with Crippen LogP contribution in [0.15, 0.2) is 0 Å². The zero-order valence-electron chi connectivity index (χ0n) is 13.4. The fourth-order valence-electron chi connectivity index (χ4n) is 1.72. The number of nitrogens with zero attached hydrogens (tertiary/aromatic N) is 1. The molecule has 0 aromatic carbocycles. The van der Waals surface area contributed by atoms with E-state index in [1.807, 2.05) is 6.26 Å². The summed E-state index contributed by atoms with van der Waals surface area (Å²) in [6.07, 6.45) is 0.302. The molecule has 0 radical (unpaired) electrons. The lowest BCUT2D eigenvalue weighted by Gasteiger charge is -2.22. The van der Waals surface area contributed by atoms with Gasteiger partial charge in [-0.1, -0.05) is 0 Å². The number of hydroxylamine groups is 2. The van der Waals surface area contributed by atoms with Gasteiger partial charge in [0.2, 0.25) is 0 Å². The molecule has 2 amide bonds. The van der Waals surface area contributed by atoms with Gasteiger partial charge in [0.05, 0.1) is 5.88 Å². The molecule has 1 saturated heterocycles. The fourth-order valence-corrected chi connectivity index (χ4v) is 2.14. The van der Waals surface area contributed by atoms with Gasteiger partial charge in [-0.3, -0.25) is 14.4 Å². The molecular formula is C13H22N2O6S. The zero-order chi connectivity index (χ0) is 16.9. The topological polar surface area (TPSA) is 94.2 Å². The van der Waals surface area contributed by atoms with Crippen LogP contribution in [-0.2, 0) is 23.9 Å². The maximum Gasteiger partial charge on any atom is 0.408 e. The molecule has 1 unspecified atom stereocenters. The summed E-state index contributed by atoms with van der Waals surface area (Å²) in [5, 5.41) is 3.61. The number of thioether (sulfide) groups is 1. The number of hydrogen-bond acceptors (Lipinski definition) is 7. The number of carbonyl (C=O) groups excluding carboxylic acids is 3. The highest BCUT2D eigenvalue weighted by Crippen LogP contribution is 2.19. The second-order valence-corrected chi connectivity index (χ2v) is 6.54. The van der Waals surface area contributed by atoms with Gasteiger partial charge >= 0.3 is 12.1 Å². The minimum absolute atomic E-state index is 0.133. The van der Waals surface area contributed by atoms with E-state index in [0.717, 1.165) is 5.06 Å². The first kappa shape index (κ1) is 18.6. The molecule has 8 nitrogen and oxygen atoms in total. The van der Waals surface area contributed by atoms with Crippen molar-refractivity contribution in [2.24, 2.45) is 0 Å². The van der Waals surface area contributed by atoms with Crippen LogP contribution in [0.3, 0.4) is 0 Å². The average Bonchev–Trinajstić information content (AvgIpc) is 2.63. The molecule has 22 heavy (non-hydrogen) atoms. The van der Waals surface area contributed by atoms with Gasteiger partial charge in [0, 0.05) is 6.92 Å². The molecule has 0 bridgehead atoms. The van der Waals surface area contributed by atoms with E-state index >= 15 is 0 Å². The molecule has 1 aliphatic rings. The molecule has 1 heterocycles. The van der Waals surface area contributed by atoms with Crippen LogP contribution in [0, 0.1) is 0 Å². The van der Waals surface area contributed by atoms with Crippen LogP contribution < -0.4 is 5.32 Å². The highest BCUT2D eigenvalue weighted by atomic mass is 32.2. The van der Waals surface area contributed by atoms with Crippen LogP contribution in [0.4, 0.5) is 4.79 Å². The Morgan fingerprint density at radius 2 is 2.05 bits per heavy atom. The third-order valence-corrected chi connectivity index (χ3v) is 3.01. The minimum atomic E-state index is -0.957. The predicted molar refractivity (Wildman–Crippen MR) is 79.9 cm³/mol. The Labute approximate surface area is 133 Å². The van der Waals surface area contributed by atoms with E-state index in [1.54, 1.807) is 20.8 Å². The Morgan fingerprint density at radius 1 is 1.41 bits per heavy atom. The summed E-state index contributed by atoms with van der Waals surface area (Å²) in [6.45, 7) is 6.28. The molecular weight excluding hydrogens is 312 g/mol. The number of esters is 1. The van der Waals surface area contributed by atoms with Gasteiger partial charge in [0.25, 0.3) is 5.91 Å². The number of hydrogen-bond donors (Lipinski definition) is 1. The van der Waals surface area contributed by atoms with Crippen LogP contribution >= 0.6 is 11.8 Å². The normalized spacial score (nSPS) is 21.7. The van der Waals surface area contributed by atoms with Gasteiger partial charge in [0.1, 0.15) is 24.4 Å². The first-order chi connectivity index (χ1) is 10.1. The first-order valence-corrected chi connectivity index (χ1v) is 8.13. The summed E-state index contributed by atoms with van der Waals surface area (Å²) >= 11 is 1.39. The molecule has 1 rings (SSSR count). The van der Waals surface area contributed by atoms with Crippen LogP contribution in [0.5, 0.6) is 0 Å². The van der Waals surface area contributed by atoms with Gasteiger partial charge < -0.3 is 14.8 Å². The number of ether oxygens (including phenoxy) is 2. The van der Waals surface area contributed by atoms with E-state index in [2.05, 4.69) is 5.32 Å². The second kappa shape index (κ2) is 7.68. The van der Waals surface area contributed by atoms with Gasteiger partial charge in [-0.2, -0.15) is 0 Å². The number of carbonyl (C=O) groups is 3. The van der Waals surface area contributed by atoms with Crippen molar-refractivity contribution in [3.8, 4) is 0 Å². The molecule has 0 saturated carbocycles. The highest BCUT2D eigenvalue weighted by molar-refractivity contribution is 7.98. The van der Waals surface area contributed by atoms with Crippen molar-refractivity contribution in [3.63, 3.8) is 0 Å². The summed E-state index contributed by atoms with van der Waals surface area (Å²) in [5.41, 5.74) is -0.684. The molecule has 1 aliphatic heterocycles. The smallest absolute Gasteiger partial charge is 0.408 e. The highest BCUT2D eigenvalue weighted by Gasteiger charge is 2.44. The summed E-state index contributed by atoms with van der Waals surface area (Å²) in [7, 11) is 0. The van der Waals surface area contributed by atoms with E-state index in [0.29, 0.717) is 5.88 Å². The Kier molecular flexibility index (Phi) is 6.48. The van der Waals surface area contributed by atoms with Crippen LogP contribution in [0.2, 0.25) is 0 Å². The van der Waals surface area contributed by atoms with Gasteiger partial charge in [0.15, 0.2) is 0 Å². The molecule has 126 valence electrons. The van der Waals surface area contributed by atoms with Gasteiger partial charge in [-0.15, -0.1) is 11.8 Å². The maximum atomic E-state index is 12.2. The van der Waals surface area contributed by atoms with Gasteiger partial charge in [-0.05, 0) is 27.0 Å². The van der Waals surface area contributed by atoms with Crippen molar-refractivity contribution < 1.29 is 28.7 Å². The summed E-state index contributed by atoms with van der Waals surface area (Å²) in [6, 6.07) is -0.957. The number of amides is 2. The monoisotopic (exact) mass is 334 g/mol. The molecule has 1 N–H and O–H groups in total. The standard InChI is InChI=1S/C13H22N2O6S/c1-8(16)19-6-9-10(11(17)15(21-9)7-22-5)14-12(18)20-13(2,3)4/h9-10H,6-7H2,1-5H3,(H,14,18)/t9?,10-/m0/s1. The molecule has 0 aromatic heterocycles. The number of rotatable bonds is 5. The second-order valence-electron chi connectivity index (χ2n) is 5.70. The summed E-state index contributed by atoms with van der Waals surface area (Å²) in [5.74, 6) is -0.588. The van der Waals surface area contributed by atoms with Crippen molar-refractivity contribution in [2.45, 2.75) is 45.4 Å². The lowest BCUT2D eigenvalue weighted by molar-refractivity contribution is -0.174. The van der Waals surface area contributed by atoms with E-state index in [4.69, 9.17) is 14.3 Å². The Morgan fingerprint density at radius 3 is 2.55 bits per heavy atom. The third kappa shape index (κ3) is 5.72. The van der Waals surface area contributed by atoms with Crippen molar-refractivity contribution in [1.82, 2.24) is 10.4 Å². The lowest BCUT2D eigenvalue weighted by atomic mass is 10.1. The van der Waals surface area contributed by atoms with Crippen molar-refractivity contribution in [2.75, 3.05) is 18.7 Å². The molecule has 0 aliphatic carbocycles. The maximum absolute atomic E-state index is 12.2. The van der Waals surface area contributed by atoms with E-state index in [9.17, 15) is 14.4 Å². The SMILES string of the molecule is CSCN1OC(COC(C)=O)[C@H](NC(=O)OC(C)(C)C)C1=O. The molecule has 0 aromatic rings. The first-order valence-electron chi connectivity index (χ1n) is 6.74. The average molecular weight is 334 g/mol. The molecule has 1 fully saturated rings. The van der Waals surface area contributed by atoms with Crippen molar-refractivity contribution in [1.29, 1.82) is 0 Å². The number of nitrogens with one attached hydrogen (secondary N) is 1. The van der Waals surface area contributed by atoms with Crippen molar-refractivity contribution in [3.05, 3.63) is 0 Å². The Balaban J connectivity index is 2.73. The minimum Gasteiger partial charge on any atom is -0.463 e. The molecule has 2 atom stereocenters. The van der Waals surface area contributed by atoms with E-state index in [1.165, 1.54) is 18.7 Å². The Bertz CT molecular complexity index is 437. The van der Waals surface area contributed by atoms with Crippen LogP contribution in [0.1, 0.15) is 27.7 Å². The number of alkyl carbamates (subject to hydrolysis) is 1. The van der Waals surface area contributed by atoms with Gasteiger partial charge in [-0.25, -0.2) is 9.86 Å². The summed E-state index contributed by atoms with van der Waals surface area (Å²) in [4.78, 5) is 40.4.